The van der Waals surface area contributed by atoms with Crippen molar-refractivity contribution in [2.24, 2.45) is 0 Å². The number of nitrogens with zero attached hydrogens (tertiary/aromatic N) is 2. The zero-order valence-electron chi connectivity index (χ0n) is 24.5. The summed E-state index contributed by atoms with van der Waals surface area (Å²) in [5.41, 5.74) is 4.29. The second-order valence-electron chi connectivity index (χ2n) is 11.1. The Morgan fingerprint density at radius 3 is 2.17 bits per heavy atom. The normalized spacial score (nSPS) is 14.7. The first-order valence-electron chi connectivity index (χ1n) is 14.4. The molecule has 0 aromatic heterocycles. The van der Waals surface area contributed by atoms with Crippen molar-refractivity contribution in [3.05, 3.63) is 95.1 Å². The standard InChI is InChI=1S/C33H41N3O4S/c1-24-15-18-28(19-16-24)22-35(27(4)33(38)34-29-11-7-5-8-12-29)32(37)23-36(30-20-17-25(2)26(3)21-30)41(39,40)31-13-9-6-10-14-31/h6,9-10,13-21,27,29H,5,7-8,11-12,22-23H2,1-4H3,(H,34,38). The Bertz CT molecular complexity index is 1450. The van der Waals surface area contributed by atoms with Gasteiger partial charge in [0.25, 0.3) is 10.0 Å². The van der Waals surface area contributed by atoms with E-state index in [9.17, 15) is 18.0 Å². The molecule has 0 radical (unpaired) electrons. The summed E-state index contributed by atoms with van der Waals surface area (Å²) in [5, 5.41) is 3.14. The first-order chi connectivity index (χ1) is 19.6. The predicted octanol–water partition coefficient (Wildman–Crippen LogP) is 5.67. The van der Waals surface area contributed by atoms with Crippen LogP contribution < -0.4 is 9.62 Å². The second kappa shape index (κ2) is 13.3. The Balaban J connectivity index is 1.68. The topological polar surface area (TPSA) is 86.8 Å². The largest absolute Gasteiger partial charge is 0.352 e. The number of amides is 2. The SMILES string of the molecule is Cc1ccc(CN(C(=O)CN(c2ccc(C)c(C)c2)S(=O)(=O)c2ccccc2)C(C)C(=O)NC2CCCCC2)cc1. The van der Waals surface area contributed by atoms with E-state index in [0.717, 1.165) is 52.2 Å². The molecule has 1 aliphatic carbocycles. The summed E-state index contributed by atoms with van der Waals surface area (Å²) in [4.78, 5) is 29.1. The molecule has 1 aliphatic rings. The van der Waals surface area contributed by atoms with E-state index in [-0.39, 0.29) is 23.4 Å². The molecule has 0 spiro atoms. The lowest BCUT2D eigenvalue weighted by atomic mass is 9.95. The van der Waals surface area contributed by atoms with E-state index in [0.29, 0.717) is 5.69 Å². The average Bonchev–Trinajstić information content (AvgIpc) is 2.97. The second-order valence-corrected chi connectivity index (χ2v) is 13.0. The Morgan fingerprint density at radius 2 is 1.54 bits per heavy atom. The van der Waals surface area contributed by atoms with E-state index in [1.165, 1.54) is 23.5 Å². The van der Waals surface area contributed by atoms with Gasteiger partial charge >= 0.3 is 0 Å². The number of hydrogen-bond acceptors (Lipinski definition) is 4. The van der Waals surface area contributed by atoms with E-state index >= 15 is 0 Å². The van der Waals surface area contributed by atoms with Crippen molar-refractivity contribution in [3.63, 3.8) is 0 Å². The van der Waals surface area contributed by atoms with Gasteiger partial charge in [0, 0.05) is 12.6 Å². The van der Waals surface area contributed by atoms with Gasteiger partial charge in [0.05, 0.1) is 10.6 Å². The van der Waals surface area contributed by atoms with E-state index in [2.05, 4.69) is 5.32 Å². The van der Waals surface area contributed by atoms with E-state index < -0.39 is 28.5 Å². The first kappa shape index (κ1) is 30.3. The fourth-order valence-electron chi connectivity index (χ4n) is 5.17. The molecule has 7 nitrogen and oxygen atoms in total. The van der Waals surface area contributed by atoms with Gasteiger partial charge < -0.3 is 10.2 Å². The summed E-state index contributed by atoms with van der Waals surface area (Å²) >= 11 is 0. The highest BCUT2D eigenvalue weighted by molar-refractivity contribution is 7.92. The molecular weight excluding hydrogens is 534 g/mol. The molecule has 3 aromatic carbocycles. The number of carbonyl (C=O) groups excluding carboxylic acids is 2. The van der Waals surface area contributed by atoms with Gasteiger partial charge in [-0.05, 0) is 81.5 Å². The molecule has 1 atom stereocenters. The maximum atomic E-state index is 14.1. The monoisotopic (exact) mass is 575 g/mol. The molecular formula is C33H41N3O4S. The molecule has 3 aromatic rings. The summed E-state index contributed by atoms with van der Waals surface area (Å²) in [6.45, 7) is 7.32. The number of nitrogens with one attached hydrogen (secondary N) is 1. The molecule has 0 heterocycles. The molecule has 1 saturated carbocycles. The summed E-state index contributed by atoms with van der Waals surface area (Å²) < 4.78 is 29.0. The average molecular weight is 576 g/mol. The molecule has 8 heteroatoms. The van der Waals surface area contributed by atoms with E-state index in [4.69, 9.17) is 0 Å². The van der Waals surface area contributed by atoms with Gasteiger partial charge in [-0.25, -0.2) is 8.42 Å². The highest BCUT2D eigenvalue weighted by Gasteiger charge is 2.33. The third kappa shape index (κ3) is 7.55. The lowest BCUT2D eigenvalue weighted by molar-refractivity contribution is -0.139. The van der Waals surface area contributed by atoms with Crippen LogP contribution in [-0.2, 0) is 26.2 Å². The number of sulfonamides is 1. The Kier molecular flexibility index (Phi) is 9.86. The van der Waals surface area contributed by atoms with Crippen LogP contribution in [0.2, 0.25) is 0 Å². The van der Waals surface area contributed by atoms with Gasteiger partial charge in [-0.3, -0.25) is 13.9 Å². The van der Waals surface area contributed by atoms with Crippen LogP contribution in [0.25, 0.3) is 0 Å². The molecule has 1 fully saturated rings. The van der Waals surface area contributed by atoms with Gasteiger partial charge in [-0.1, -0.05) is 73.4 Å². The van der Waals surface area contributed by atoms with Crippen molar-refractivity contribution in [3.8, 4) is 0 Å². The van der Waals surface area contributed by atoms with Gasteiger partial charge in [0.15, 0.2) is 0 Å². The third-order valence-electron chi connectivity index (χ3n) is 7.98. The molecule has 0 aliphatic heterocycles. The molecule has 1 unspecified atom stereocenters. The van der Waals surface area contributed by atoms with Crippen molar-refractivity contribution in [2.45, 2.75) is 83.3 Å². The Hall–Kier alpha value is -3.65. The van der Waals surface area contributed by atoms with Crippen molar-refractivity contribution in [1.82, 2.24) is 10.2 Å². The zero-order valence-corrected chi connectivity index (χ0v) is 25.3. The fourth-order valence-corrected chi connectivity index (χ4v) is 6.60. The van der Waals surface area contributed by atoms with Gasteiger partial charge in [0.1, 0.15) is 12.6 Å². The zero-order chi connectivity index (χ0) is 29.6. The van der Waals surface area contributed by atoms with Gasteiger partial charge in [0.2, 0.25) is 11.8 Å². The molecule has 1 N–H and O–H groups in total. The minimum Gasteiger partial charge on any atom is -0.352 e. The highest BCUT2D eigenvalue weighted by atomic mass is 32.2. The quantitative estimate of drug-likeness (QED) is 0.337. The van der Waals surface area contributed by atoms with Crippen LogP contribution in [0.1, 0.15) is 61.3 Å². The summed E-state index contributed by atoms with van der Waals surface area (Å²) in [6.07, 6.45) is 5.19. The number of hydrogen-bond donors (Lipinski definition) is 1. The first-order valence-corrected chi connectivity index (χ1v) is 15.8. The van der Waals surface area contributed by atoms with E-state index in [1.54, 1.807) is 37.3 Å². The van der Waals surface area contributed by atoms with Crippen molar-refractivity contribution >= 4 is 27.5 Å². The fraction of sp³-hybridized carbons (Fsp3) is 0.394. The van der Waals surface area contributed by atoms with Crippen LogP contribution in [0.4, 0.5) is 5.69 Å². The lowest BCUT2D eigenvalue weighted by Crippen LogP contribution is -2.53. The lowest BCUT2D eigenvalue weighted by Gasteiger charge is -2.33. The predicted molar refractivity (Wildman–Crippen MR) is 163 cm³/mol. The van der Waals surface area contributed by atoms with Crippen molar-refractivity contribution in [1.29, 1.82) is 0 Å². The van der Waals surface area contributed by atoms with Crippen LogP contribution in [0, 0.1) is 20.8 Å². The number of benzene rings is 3. The summed E-state index contributed by atoms with van der Waals surface area (Å²) in [5.74, 6) is -0.671. The molecule has 0 saturated heterocycles. The summed E-state index contributed by atoms with van der Waals surface area (Å²) in [6, 6.07) is 20.6. The van der Waals surface area contributed by atoms with Crippen LogP contribution in [0.3, 0.4) is 0 Å². The molecule has 4 rings (SSSR count). The third-order valence-corrected chi connectivity index (χ3v) is 9.77. The molecule has 0 bridgehead atoms. The van der Waals surface area contributed by atoms with Crippen molar-refractivity contribution in [2.75, 3.05) is 10.8 Å². The molecule has 2 amide bonds. The van der Waals surface area contributed by atoms with Crippen LogP contribution in [0.5, 0.6) is 0 Å². The minimum atomic E-state index is -4.07. The van der Waals surface area contributed by atoms with Crippen molar-refractivity contribution < 1.29 is 18.0 Å². The van der Waals surface area contributed by atoms with Crippen LogP contribution in [-0.4, -0.2) is 43.8 Å². The van der Waals surface area contributed by atoms with Gasteiger partial charge in [-0.2, -0.15) is 0 Å². The smallest absolute Gasteiger partial charge is 0.264 e. The minimum absolute atomic E-state index is 0.0965. The molecule has 41 heavy (non-hydrogen) atoms. The maximum Gasteiger partial charge on any atom is 0.264 e. The summed E-state index contributed by atoms with van der Waals surface area (Å²) in [7, 11) is -4.07. The number of rotatable bonds is 10. The number of carbonyl (C=O) groups is 2. The van der Waals surface area contributed by atoms with E-state index in [1.807, 2.05) is 51.1 Å². The highest BCUT2D eigenvalue weighted by Crippen LogP contribution is 2.27. The Morgan fingerprint density at radius 1 is 0.878 bits per heavy atom. The molecule has 218 valence electrons. The Labute approximate surface area is 244 Å². The number of aryl methyl sites for hydroxylation is 3. The van der Waals surface area contributed by atoms with Crippen LogP contribution >= 0.6 is 0 Å². The maximum absolute atomic E-state index is 14.1. The number of anilines is 1. The van der Waals surface area contributed by atoms with Crippen LogP contribution in [0.15, 0.2) is 77.7 Å². The van der Waals surface area contributed by atoms with Gasteiger partial charge in [-0.15, -0.1) is 0 Å².